The molecule has 0 fully saturated rings. The van der Waals surface area contributed by atoms with Crippen molar-refractivity contribution in [3.8, 4) is 0 Å². The number of nitrogens with zero attached hydrogens (tertiary/aromatic N) is 1. The van der Waals surface area contributed by atoms with Crippen LogP contribution in [0.3, 0.4) is 0 Å². The topological polar surface area (TPSA) is 92.4 Å². The van der Waals surface area contributed by atoms with Crippen molar-refractivity contribution >= 4 is 23.2 Å². The van der Waals surface area contributed by atoms with Gasteiger partial charge in [-0.3, -0.25) is 4.79 Å². The van der Waals surface area contributed by atoms with Crippen LogP contribution in [0.4, 0.5) is 0 Å². The average Bonchev–Trinajstić information content (AvgIpc) is 3.08. The number of thiophene rings is 1. The standard InChI is InChI=1S/C13H12N2O4S/c16-12(9-6-10(13(17)18)19-15-9)14-8-2-1-3-11-7(8)4-5-20-11/h4-6,8H,1-3H2,(H,14,16)(H,17,18). The molecule has 0 bridgehead atoms. The summed E-state index contributed by atoms with van der Waals surface area (Å²) in [5.74, 6) is -1.99. The van der Waals surface area contributed by atoms with E-state index in [2.05, 4.69) is 15.0 Å². The monoisotopic (exact) mass is 292 g/mol. The van der Waals surface area contributed by atoms with Crippen LogP contribution in [0.15, 0.2) is 22.0 Å². The fourth-order valence-electron chi connectivity index (χ4n) is 2.35. The number of fused-ring (bicyclic) bond motifs is 1. The van der Waals surface area contributed by atoms with Crippen molar-refractivity contribution in [2.24, 2.45) is 0 Å². The third-order valence-corrected chi connectivity index (χ3v) is 4.31. The van der Waals surface area contributed by atoms with Crippen molar-refractivity contribution in [1.82, 2.24) is 10.5 Å². The van der Waals surface area contributed by atoms with Gasteiger partial charge in [-0.1, -0.05) is 5.16 Å². The minimum Gasteiger partial charge on any atom is -0.475 e. The zero-order chi connectivity index (χ0) is 14.1. The van der Waals surface area contributed by atoms with Crippen molar-refractivity contribution < 1.29 is 19.2 Å². The first-order chi connectivity index (χ1) is 9.65. The van der Waals surface area contributed by atoms with Crippen LogP contribution in [-0.2, 0) is 6.42 Å². The van der Waals surface area contributed by atoms with Gasteiger partial charge in [0.15, 0.2) is 5.69 Å². The van der Waals surface area contributed by atoms with Crippen LogP contribution in [-0.4, -0.2) is 22.1 Å². The normalized spacial score (nSPS) is 17.5. The van der Waals surface area contributed by atoms with E-state index in [1.807, 2.05) is 11.4 Å². The highest BCUT2D eigenvalue weighted by Crippen LogP contribution is 2.33. The minimum atomic E-state index is -1.24. The van der Waals surface area contributed by atoms with E-state index in [1.54, 1.807) is 11.3 Å². The van der Waals surface area contributed by atoms with Crippen LogP contribution in [0.1, 0.15) is 50.4 Å². The van der Waals surface area contributed by atoms with E-state index in [1.165, 1.54) is 4.88 Å². The molecular weight excluding hydrogens is 280 g/mol. The second-order valence-electron chi connectivity index (χ2n) is 4.60. The highest BCUT2D eigenvalue weighted by molar-refractivity contribution is 7.10. The van der Waals surface area contributed by atoms with E-state index in [9.17, 15) is 9.59 Å². The predicted molar refractivity (Wildman–Crippen MR) is 70.9 cm³/mol. The summed E-state index contributed by atoms with van der Waals surface area (Å²) in [7, 11) is 0. The molecule has 0 saturated carbocycles. The lowest BCUT2D eigenvalue weighted by atomic mass is 9.94. The maximum Gasteiger partial charge on any atom is 0.374 e. The molecule has 0 spiro atoms. The molecule has 2 aromatic rings. The number of carboxylic acid groups (broad SMARTS) is 1. The fourth-order valence-corrected chi connectivity index (χ4v) is 3.34. The first-order valence-corrected chi connectivity index (χ1v) is 7.10. The molecule has 0 aromatic carbocycles. The molecule has 2 heterocycles. The first kappa shape index (κ1) is 12.9. The number of hydrogen-bond donors (Lipinski definition) is 2. The van der Waals surface area contributed by atoms with Gasteiger partial charge in [0.2, 0.25) is 5.76 Å². The van der Waals surface area contributed by atoms with Crippen molar-refractivity contribution in [1.29, 1.82) is 0 Å². The van der Waals surface area contributed by atoms with Crippen LogP contribution in [0.25, 0.3) is 0 Å². The molecule has 0 saturated heterocycles. The van der Waals surface area contributed by atoms with Crippen molar-refractivity contribution in [2.45, 2.75) is 25.3 Å². The molecule has 104 valence electrons. The van der Waals surface area contributed by atoms with Gasteiger partial charge in [0.25, 0.3) is 5.91 Å². The van der Waals surface area contributed by atoms with E-state index in [0.717, 1.165) is 30.9 Å². The Labute approximate surface area is 118 Å². The third-order valence-electron chi connectivity index (χ3n) is 3.31. The van der Waals surface area contributed by atoms with E-state index in [0.29, 0.717) is 0 Å². The first-order valence-electron chi connectivity index (χ1n) is 6.22. The average molecular weight is 292 g/mol. The molecule has 1 amide bonds. The maximum absolute atomic E-state index is 12.1. The Morgan fingerprint density at radius 3 is 3.10 bits per heavy atom. The van der Waals surface area contributed by atoms with Crippen LogP contribution in [0.2, 0.25) is 0 Å². The van der Waals surface area contributed by atoms with E-state index in [4.69, 9.17) is 5.11 Å². The van der Waals surface area contributed by atoms with Crippen LogP contribution < -0.4 is 5.32 Å². The van der Waals surface area contributed by atoms with E-state index in [-0.39, 0.29) is 17.5 Å². The largest absolute Gasteiger partial charge is 0.475 e. The van der Waals surface area contributed by atoms with Crippen LogP contribution >= 0.6 is 11.3 Å². The number of aromatic carboxylic acids is 1. The number of carbonyl (C=O) groups excluding carboxylic acids is 1. The molecule has 0 radical (unpaired) electrons. The molecule has 7 heteroatoms. The number of amides is 1. The van der Waals surface area contributed by atoms with Gasteiger partial charge >= 0.3 is 5.97 Å². The SMILES string of the molecule is O=C(NC1CCCc2sccc21)c1cc(C(=O)O)on1. The molecule has 3 rings (SSSR count). The van der Waals surface area contributed by atoms with Gasteiger partial charge in [0.1, 0.15) is 0 Å². The van der Waals surface area contributed by atoms with Crippen molar-refractivity contribution in [3.63, 3.8) is 0 Å². The summed E-state index contributed by atoms with van der Waals surface area (Å²) in [4.78, 5) is 24.0. The number of hydrogen-bond acceptors (Lipinski definition) is 5. The minimum absolute atomic E-state index is 0.00949. The summed E-state index contributed by atoms with van der Waals surface area (Å²) in [6, 6.07) is 3.12. The Kier molecular flexibility index (Phi) is 3.27. The molecule has 20 heavy (non-hydrogen) atoms. The predicted octanol–water partition coefficient (Wildman–Crippen LogP) is 2.24. The van der Waals surface area contributed by atoms with Gasteiger partial charge < -0.3 is 14.9 Å². The van der Waals surface area contributed by atoms with Crippen LogP contribution in [0, 0.1) is 0 Å². The van der Waals surface area contributed by atoms with Gasteiger partial charge in [-0.25, -0.2) is 4.79 Å². The van der Waals surface area contributed by atoms with Crippen LogP contribution in [0.5, 0.6) is 0 Å². The van der Waals surface area contributed by atoms with Gasteiger partial charge in [-0.15, -0.1) is 11.3 Å². The molecule has 1 aliphatic rings. The fraction of sp³-hybridized carbons (Fsp3) is 0.308. The Morgan fingerprint density at radius 2 is 2.35 bits per heavy atom. The molecule has 1 atom stereocenters. The molecule has 0 aliphatic heterocycles. The molecule has 1 aliphatic carbocycles. The van der Waals surface area contributed by atoms with Gasteiger partial charge in [-0.05, 0) is 36.3 Å². The van der Waals surface area contributed by atoms with Crippen molar-refractivity contribution in [3.05, 3.63) is 39.4 Å². The Balaban J connectivity index is 1.75. The zero-order valence-corrected chi connectivity index (χ0v) is 11.3. The van der Waals surface area contributed by atoms with Gasteiger partial charge in [-0.2, -0.15) is 0 Å². The lowest BCUT2D eigenvalue weighted by molar-refractivity contribution is 0.0651. The second kappa shape index (κ2) is 5.09. The third kappa shape index (κ3) is 2.32. The van der Waals surface area contributed by atoms with Gasteiger partial charge in [0.05, 0.1) is 6.04 Å². The van der Waals surface area contributed by atoms with Gasteiger partial charge in [0, 0.05) is 10.9 Å². The smallest absolute Gasteiger partial charge is 0.374 e. The molecule has 6 nitrogen and oxygen atoms in total. The quantitative estimate of drug-likeness (QED) is 0.905. The summed E-state index contributed by atoms with van der Waals surface area (Å²) < 4.78 is 4.58. The number of rotatable bonds is 3. The summed E-state index contributed by atoms with van der Waals surface area (Å²) >= 11 is 1.70. The lowest BCUT2D eigenvalue weighted by Crippen LogP contribution is -2.30. The zero-order valence-electron chi connectivity index (χ0n) is 10.5. The Bertz CT molecular complexity index is 661. The highest BCUT2D eigenvalue weighted by atomic mass is 32.1. The number of nitrogens with one attached hydrogen (secondary N) is 1. The number of carbonyl (C=O) groups is 2. The molecule has 1 unspecified atom stereocenters. The Morgan fingerprint density at radius 1 is 1.50 bits per heavy atom. The summed E-state index contributed by atoms with van der Waals surface area (Å²) in [6.07, 6.45) is 2.95. The summed E-state index contributed by atoms with van der Waals surface area (Å²) in [6.45, 7) is 0. The maximum atomic E-state index is 12.1. The van der Waals surface area contributed by atoms with Crippen molar-refractivity contribution in [2.75, 3.05) is 0 Å². The highest BCUT2D eigenvalue weighted by Gasteiger charge is 2.25. The second-order valence-corrected chi connectivity index (χ2v) is 5.60. The molecule has 2 aromatic heterocycles. The number of carboxylic acids is 1. The summed E-state index contributed by atoms with van der Waals surface area (Å²) in [5.41, 5.74) is 1.14. The van der Waals surface area contributed by atoms with E-state index >= 15 is 0 Å². The Hall–Kier alpha value is -2.15. The summed E-state index contributed by atoms with van der Waals surface area (Å²) in [5, 5.41) is 17.1. The molecular formula is C13H12N2O4S. The number of aryl methyl sites for hydroxylation is 1. The lowest BCUT2D eigenvalue weighted by Gasteiger charge is -2.23. The number of aromatic nitrogens is 1. The molecule has 2 N–H and O–H groups in total. The van der Waals surface area contributed by atoms with E-state index < -0.39 is 11.9 Å².